The highest BCUT2D eigenvalue weighted by atomic mass is 32.2. The van der Waals surface area contributed by atoms with Crippen molar-refractivity contribution >= 4 is 17.7 Å². The van der Waals surface area contributed by atoms with E-state index in [1.807, 2.05) is 42.5 Å². The highest BCUT2D eigenvalue weighted by Crippen LogP contribution is 2.24. The molecule has 0 saturated carbocycles. The van der Waals surface area contributed by atoms with Crippen molar-refractivity contribution in [1.29, 1.82) is 0 Å². The van der Waals surface area contributed by atoms with Crippen LogP contribution in [0.2, 0.25) is 0 Å². The fourth-order valence-corrected chi connectivity index (χ4v) is 2.99. The van der Waals surface area contributed by atoms with Crippen LogP contribution >= 0.6 is 11.8 Å². The van der Waals surface area contributed by atoms with E-state index in [1.165, 1.54) is 4.90 Å². The summed E-state index contributed by atoms with van der Waals surface area (Å²) in [5, 5.41) is 0. The fourth-order valence-electron chi connectivity index (χ4n) is 2.11. The Balaban J connectivity index is 1.52. The first kappa shape index (κ1) is 14.0. The monoisotopic (exact) mass is 299 g/mol. The summed E-state index contributed by atoms with van der Waals surface area (Å²) in [7, 11) is 1.68. The number of ether oxygens (including phenoxy) is 2. The molecule has 0 N–H and O–H groups in total. The summed E-state index contributed by atoms with van der Waals surface area (Å²) in [4.78, 5) is 5.70. The SMILES string of the molecule is COc1ccc(SCC2CN=C(c3ccccc3)O2)cc1. The van der Waals surface area contributed by atoms with E-state index >= 15 is 0 Å². The summed E-state index contributed by atoms with van der Waals surface area (Å²) in [6.45, 7) is 0.730. The predicted octanol–water partition coefficient (Wildman–Crippen LogP) is 3.63. The molecule has 0 aliphatic carbocycles. The maximum atomic E-state index is 5.92. The third-order valence-corrected chi connectivity index (χ3v) is 4.38. The summed E-state index contributed by atoms with van der Waals surface area (Å²) in [5.74, 6) is 2.54. The Morgan fingerprint density at radius 2 is 1.90 bits per heavy atom. The first-order valence-electron chi connectivity index (χ1n) is 6.88. The van der Waals surface area contributed by atoms with E-state index in [2.05, 4.69) is 17.1 Å². The summed E-state index contributed by atoms with van der Waals surface area (Å²) in [6.07, 6.45) is 0.146. The van der Waals surface area contributed by atoms with Gasteiger partial charge in [0.2, 0.25) is 5.90 Å². The zero-order valence-corrected chi connectivity index (χ0v) is 12.7. The average molecular weight is 299 g/mol. The molecule has 0 bridgehead atoms. The molecule has 0 fully saturated rings. The van der Waals surface area contributed by atoms with Crippen molar-refractivity contribution in [3.63, 3.8) is 0 Å². The number of thioether (sulfide) groups is 1. The second-order valence-corrected chi connectivity index (χ2v) is 5.83. The number of aliphatic imine (C=N–C) groups is 1. The maximum Gasteiger partial charge on any atom is 0.216 e. The second-order valence-electron chi connectivity index (χ2n) is 4.74. The number of rotatable bonds is 5. The number of benzene rings is 2. The van der Waals surface area contributed by atoms with Gasteiger partial charge in [-0.05, 0) is 36.4 Å². The van der Waals surface area contributed by atoms with Crippen LogP contribution in [-0.2, 0) is 4.74 Å². The minimum atomic E-state index is 0.146. The lowest BCUT2D eigenvalue weighted by molar-refractivity contribution is 0.251. The Kier molecular flexibility index (Phi) is 4.46. The maximum absolute atomic E-state index is 5.92. The van der Waals surface area contributed by atoms with Crippen molar-refractivity contribution in [2.45, 2.75) is 11.0 Å². The highest BCUT2D eigenvalue weighted by Gasteiger charge is 2.20. The molecule has 0 spiro atoms. The summed E-state index contributed by atoms with van der Waals surface area (Å²) < 4.78 is 11.1. The van der Waals surface area contributed by atoms with Gasteiger partial charge in [0, 0.05) is 16.2 Å². The van der Waals surface area contributed by atoms with Crippen molar-refractivity contribution < 1.29 is 9.47 Å². The molecule has 0 amide bonds. The third-order valence-electron chi connectivity index (χ3n) is 3.23. The van der Waals surface area contributed by atoms with E-state index in [-0.39, 0.29) is 6.10 Å². The molecule has 3 rings (SSSR count). The van der Waals surface area contributed by atoms with Gasteiger partial charge in [-0.25, -0.2) is 4.99 Å². The first-order chi connectivity index (χ1) is 10.3. The van der Waals surface area contributed by atoms with E-state index < -0.39 is 0 Å². The minimum absolute atomic E-state index is 0.146. The molecule has 4 heteroatoms. The molecule has 1 unspecified atom stereocenters. The topological polar surface area (TPSA) is 30.8 Å². The van der Waals surface area contributed by atoms with Gasteiger partial charge in [-0.3, -0.25) is 0 Å². The van der Waals surface area contributed by atoms with Crippen LogP contribution in [0.15, 0.2) is 64.5 Å². The lowest BCUT2D eigenvalue weighted by Gasteiger charge is -2.11. The van der Waals surface area contributed by atoms with Crippen LogP contribution in [0.25, 0.3) is 0 Å². The minimum Gasteiger partial charge on any atom is -0.497 e. The first-order valence-corrected chi connectivity index (χ1v) is 7.87. The van der Waals surface area contributed by atoms with Gasteiger partial charge in [-0.15, -0.1) is 11.8 Å². The van der Waals surface area contributed by atoms with Gasteiger partial charge in [-0.2, -0.15) is 0 Å². The number of hydrogen-bond donors (Lipinski definition) is 0. The molecule has 0 saturated heterocycles. The van der Waals surface area contributed by atoms with Crippen molar-refractivity contribution in [2.24, 2.45) is 4.99 Å². The lowest BCUT2D eigenvalue weighted by atomic mass is 10.2. The fraction of sp³-hybridized carbons (Fsp3) is 0.235. The molecule has 0 radical (unpaired) electrons. The van der Waals surface area contributed by atoms with E-state index in [0.717, 1.165) is 29.5 Å². The van der Waals surface area contributed by atoms with Gasteiger partial charge in [0.05, 0.1) is 13.7 Å². The molecular weight excluding hydrogens is 282 g/mol. The van der Waals surface area contributed by atoms with Crippen molar-refractivity contribution in [3.8, 4) is 5.75 Å². The average Bonchev–Trinajstić information content (AvgIpc) is 3.03. The summed E-state index contributed by atoms with van der Waals surface area (Å²) in [5.41, 5.74) is 1.05. The van der Waals surface area contributed by atoms with Crippen molar-refractivity contribution in [3.05, 3.63) is 60.2 Å². The van der Waals surface area contributed by atoms with Gasteiger partial charge in [0.15, 0.2) is 0 Å². The second kappa shape index (κ2) is 6.68. The van der Waals surface area contributed by atoms with Crippen molar-refractivity contribution in [1.82, 2.24) is 0 Å². The third kappa shape index (κ3) is 3.58. The standard InChI is InChI=1S/C17H17NO2S/c1-19-14-7-9-16(10-8-14)21-12-15-11-18-17(20-15)13-5-3-2-4-6-13/h2-10,15H,11-12H2,1H3. The Labute approximate surface area is 129 Å². The zero-order chi connectivity index (χ0) is 14.5. The Bertz CT molecular complexity index is 610. The molecule has 21 heavy (non-hydrogen) atoms. The van der Waals surface area contributed by atoms with Gasteiger partial charge in [-0.1, -0.05) is 18.2 Å². The predicted molar refractivity (Wildman–Crippen MR) is 86.4 cm³/mol. The van der Waals surface area contributed by atoms with E-state index in [4.69, 9.17) is 9.47 Å². The van der Waals surface area contributed by atoms with Crippen LogP contribution in [0.5, 0.6) is 5.75 Å². The van der Waals surface area contributed by atoms with Crippen LogP contribution in [0.3, 0.4) is 0 Å². The number of nitrogens with zero attached hydrogens (tertiary/aromatic N) is 1. The van der Waals surface area contributed by atoms with Crippen LogP contribution < -0.4 is 4.74 Å². The Hall–Kier alpha value is -1.94. The molecule has 108 valence electrons. The molecule has 1 heterocycles. The smallest absolute Gasteiger partial charge is 0.216 e. The molecule has 1 atom stereocenters. The summed E-state index contributed by atoms with van der Waals surface area (Å²) >= 11 is 1.78. The number of methoxy groups -OCH3 is 1. The largest absolute Gasteiger partial charge is 0.497 e. The highest BCUT2D eigenvalue weighted by molar-refractivity contribution is 7.99. The Morgan fingerprint density at radius 1 is 1.14 bits per heavy atom. The van der Waals surface area contributed by atoms with E-state index in [9.17, 15) is 0 Å². The quantitative estimate of drug-likeness (QED) is 0.790. The van der Waals surface area contributed by atoms with Crippen molar-refractivity contribution in [2.75, 3.05) is 19.4 Å². The van der Waals surface area contributed by atoms with E-state index in [1.54, 1.807) is 18.9 Å². The molecule has 2 aromatic rings. The number of hydrogen-bond acceptors (Lipinski definition) is 4. The zero-order valence-electron chi connectivity index (χ0n) is 11.9. The molecule has 1 aliphatic rings. The molecule has 1 aliphatic heterocycles. The van der Waals surface area contributed by atoms with Crippen LogP contribution in [0.1, 0.15) is 5.56 Å². The molecule has 0 aromatic heterocycles. The lowest BCUT2D eigenvalue weighted by Crippen LogP contribution is -2.16. The van der Waals surface area contributed by atoms with Gasteiger partial charge >= 0.3 is 0 Å². The normalized spacial score (nSPS) is 17.2. The molecular formula is C17H17NO2S. The summed E-state index contributed by atoms with van der Waals surface area (Å²) in [6, 6.07) is 18.1. The van der Waals surface area contributed by atoms with Crippen LogP contribution in [0, 0.1) is 0 Å². The van der Waals surface area contributed by atoms with Crippen LogP contribution in [0.4, 0.5) is 0 Å². The van der Waals surface area contributed by atoms with Crippen LogP contribution in [-0.4, -0.2) is 31.4 Å². The van der Waals surface area contributed by atoms with E-state index in [0.29, 0.717) is 0 Å². The van der Waals surface area contributed by atoms with Gasteiger partial charge in [0.1, 0.15) is 11.9 Å². The molecule has 3 nitrogen and oxygen atoms in total. The van der Waals surface area contributed by atoms with Gasteiger partial charge < -0.3 is 9.47 Å². The van der Waals surface area contributed by atoms with Gasteiger partial charge in [0.25, 0.3) is 0 Å². The Morgan fingerprint density at radius 3 is 2.62 bits per heavy atom. The molecule has 2 aromatic carbocycles.